The van der Waals surface area contributed by atoms with E-state index in [4.69, 9.17) is 16.3 Å². The van der Waals surface area contributed by atoms with Gasteiger partial charge < -0.3 is 14.4 Å². The van der Waals surface area contributed by atoms with Crippen molar-refractivity contribution >= 4 is 39.3 Å². The van der Waals surface area contributed by atoms with Gasteiger partial charge in [-0.05, 0) is 49.4 Å². The number of sulfonamides is 1. The highest BCUT2D eigenvalue weighted by atomic mass is 35.5. The van der Waals surface area contributed by atoms with Crippen molar-refractivity contribution in [2.24, 2.45) is 0 Å². The van der Waals surface area contributed by atoms with E-state index in [1.807, 2.05) is 19.1 Å². The molecule has 0 spiro atoms. The van der Waals surface area contributed by atoms with E-state index in [1.165, 1.54) is 36.7 Å². The van der Waals surface area contributed by atoms with Crippen LogP contribution < -0.4 is 4.90 Å². The maximum atomic E-state index is 13.2. The maximum Gasteiger partial charge on any atom is 0.337 e. The Bertz CT molecular complexity index is 1090. The molecule has 0 bridgehead atoms. The Labute approximate surface area is 186 Å². The zero-order valence-electron chi connectivity index (χ0n) is 17.4. The molecule has 1 unspecified atom stereocenters. The van der Waals surface area contributed by atoms with Crippen LogP contribution >= 0.6 is 11.6 Å². The van der Waals surface area contributed by atoms with Crippen molar-refractivity contribution in [1.82, 2.24) is 4.31 Å². The standard InChI is InChI=1S/C21H23ClN2O6S/c1-14-13-23(17-7-4-15(5-8-17)20(25)29-2)10-11-24(14)31(27,28)19-9-6-16(12-18(19)22)21(26)30-3/h4-9,12,14H,10-11,13H2,1-3H3. The molecule has 0 aromatic heterocycles. The van der Waals surface area contributed by atoms with Crippen LogP contribution in [0.4, 0.5) is 5.69 Å². The highest BCUT2D eigenvalue weighted by Crippen LogP contribution is 2.29. The maximum absolute atomic E-state index is 13.2. The second kappa shape index (κ2) is 9.25. The van der Waals surface area contributed by atoms with Crippen LogP contribution in [-0.2, 0) is 19.5 Å². The van der Waals surface area contributed by atoms with Gasteiger partial charge in [0.2, 0.25) is 10.0 Å². The minimum absolute atomic E-state index is 0.0315. The van der Waals surface area contributed by atoms with Gasteiger partial charge in [0.05, 0.1) is 30.4 Å². The number of halogens is 1. The summed E-state index contributed by atoms with van der Waals surface area (Å²) in [6.07, 6.45) is 0. The molecule has 2 aromatic carbocycles. The average molecular weight is 467 g/mol. The zero-order chi connectivity index (χ0) is 22.8. The number of rotatable bonds is 5. The number of esters is 2. The van der Waals surface area contributed by atoms with Crippen LogP contribution in [-0.4, -0.2) is 64.6 Å². The van der Waals surface area contributed by atoms with Gasteiger partial charge in [0.15, 0.2) is 0 Å². The largest absolute Gasteiger partial charge is 0.465 e. The molecule has 1 aliphatic rings. The molecule has 1 atom stereocenters. The lowest BCUT2D eigenvalue weighted by Crippen LogP contribution is -2.54. The Balaban J connectivity index is 1.77. The highest BCUT2D eigenvalue weighted by Gasteiger charge is 2.35. The first-order valence-electron chi connectivity index (χ1n) is 9.52. The quantitative estimate of drug-likeness (QED) is 0.625. The van der Waals surface area contributed by atoms with E-state index in [1.54, 1.807) is 12.1 Å². The number of ether oxygens (including phenoxy) is 2. The summed E-state index contributed by atoms with van der Waals surface area (Å²) in [6.45, 7) is 3.02. The van der Waals surface area contributed by atoms with Crippen molar-refractivity contribution in [3.63, 3.8) is 0 Å². The predicted molar refractivity (Wildman–Crippen MR) is 116 cm³/mol. The molecule has 8 nitrogen and oxygen atoms in total. The Hall–Kier alpha value is -2.62. The summed E-state index contributed by atoms with van der Waals surface area (Å²) in [5.74, 6) is -1.00. The molecule has 0 amide bonds. The third-order valence-electron chi connectivity index (χ3n) is 5.16. The van der Waals surface area contributed by atoms with E-state index in [2.05, 4.69) is 9.64 Å². The van der Waals surface area contributed by atoms with Crippen LogP contribution in [0, 0.1) is 0 Å². The van der Waals surface area contributed by atoms with Crippen molar-refractivity contribution in [2.75, 3.05) is 38.8 Å². The molecule has 2 aromatic rings. The van der Waals surface area contributed by atoms with Crippen molar-refractivity contribution in [3.05, 3.63) is 58.6 Å². The first-order valence-corrected chi connectivity index (χ1v) is 11.3. The van der Waals surface area contributed by atoms with E-state index in [0.717, 1.165) is 5.69 Å². The van der Waals surface area contributed by atoms with Crippen LogP contribution in [0.1, 0.15) is 27.6 Å². The van der Waals surface area contributed by atoms with E-state index in [0.29, 0.717) is 18.7 Å². The Morgan fingerprint density at radius 3 is 2.10 bits per heavy atom. The van der Waals surface area contributed by atoms with Crippen LogP contribution in [0.2, 0.25) is 5.02 Å². The lowest BCUT2D eigenvalue weighted by molar-refractivity contribution is 0.0592. The molecule has 31 heavy (non-hydrogen) atoms. The smallest absolute Gasteiger partial charge is 0.337 e. The van der Waals surface area contributed by atoms with E-state index in [9.17, 15) is 18.0 Å². The molecule has 0 saturated carbocycles. The lowest BCUT2D eigenvalue weighted by atomic mass is 10.1. The van der Waals surface area contributed by atoms with Gasteiger partial charge in [0, 0.05) is 31.4 Å². The topological polar surface area (TPSA) is 93.2 Å². The molecule has 3 rings (SSSR count). The summed E-state index contributed by atoms with van der Waals surface area (Å²) in [5.41, 5.74) is 1.52. The monoisotopic (exact) mass is 466 g/mol. The number of carbonyl (C=O) groups is 2. The van der Waals surface area contributed by atoms with E-state index < -0.39 is 22.0 Å². The van der Waals surface area contributed by atoms with Crippen molar-refractivity contribution in [1.29, 1.82) is 0 Å². The summed E-state index contributed by atoms with van der Waals surface area (Å²) in [7, 11) is -1.29. The van der Waals surface area contributed by atoms with Gasteiger partial charge in [-0.3, -0.25) is 0 Å². The van der Waals surface area contributed by atoms with Gasteiger partial charge in [-0.15, -0.1) is 0 Å². The number of piperazine rings is 1. The molecule has 0 aliphatic carbocycles. The molecule has 166 valence electrons. The predicted octanol–water partition coefficient (Wildman–Crippen LogP) is 2.81. The van der Waals surface area contributed by atoms with Gasteiger partial charge in [0.1, 0.15) is 4.90 Å². The Kier molecular flexibility index (Phi) is 6.88. The first kappa shape index (κ1) is 23.1. The first-order chi connectivity index (χ1) is 14.7. The molecule has 1 fully saturated rings. The number of hydrogen-bond acceptors (Lipinski definition) is 7. The Morgan fingerprint density at radius 2 is 1.55 bits per heavy atom. The van der Waals surface area contributed by atoms with Crippen LogP contribution in [0.25, 0.3) is 0 Å². The summed E-state index contributed by atoms with van der Waals surface area (Å²) >= 11 is 6.20. The van der Waals surface area contributed by atoms with Crippen molar-refractivity contribution < 1.29 is 27.5 Å². The zero-order valence-corrected chi connectivity index (χ0v) is 18.9. The Morgan fingerprint density at radius 1 is 0.968 bits per heavy atom. The summed E-state index contributed by atoms with van der Waals surface area (Å²) in [4.78, 5) is 25.3. The number of methoxy groups -OCH3 is 2. The van der Waals surface area contributed by atoms with Gasteiger partial charge >= 0.3 is 11.9 Å². The van der Waals surface area contributed by atoms with Crippen LogP contribution in [0.15, 0.2) is 47.4 Å². The molecule has 1 saturated heterocycles. The average Bonchev–Trinajstić information content (AvgIpc) is 2.77. The molecular weight excluding hydrogens is 444 g/mol. The molecule has 10 heteroatoms. The van der Waals surface area contributed by atoms with Crippen molar-refractivity contribution in [3.8, 4) is 0 Å². The highest BCUT2D eigenvalue weighted by molar-refractivity contribution is 7.89. The van der Waals surface area contributed by atoms with E-state index >= 15 is 0 Å². The second-order valence-corrected chi connectivity index (χ2v) is 9.35. The normalized spacial score (nSPS) is 17.3. The third kappa shape index (κ3) is 4.68. The summed E-state index contributed by atoms with van der Waals surface area (Å²) in [6, 6.07) is 10.7. The van der Waals surface area contributed by atoms with Crippen LogP contribution in [0.3, 0.4) is 0 Å². The molecule has 1 aliphatic heterocycles. The third-order valence-corrected chi connectivity index (χ3v) is 7.66. The number of nitrogens with zero attached hydrogens (tertiary/aromatic N) is 2. The fraction of sp³-hybridized carbons (Fsp3) is 0.333. The van der Waals surface area contributed by atoms with Crippen molar-refractivity contribution in [2.45, 2.75) is 17.9 Å². The minimum atomic E-state index is -3.86. The summed E-state index contributed by atoms with van der Waals surface area (Å²) in [5, 5.41) is -0.0315. The van der Waals surface area contributed by atoms with Gasteiger partial charge in [0.25, 0.3) is 0 Å². The number of anilines is 1. The second-order valence-electron chi connectivity index (χ2n) is 7.09. The number of hydrogen-bond donors (Lipinski definition) is 0. The molecule has 1 heterocycles. The van der Waals surface area contributed by atoms with Gasteiger partial charge in [-0.2, -0.15) is 4.31 Å². The minimum Gasteiger partial charge on any atom is -0.465 e. The fourth-order valence-electron chi connectivity index (χ4n) is 3.54. The number of carbonyl (C=O) groups excluding carboxylic acids is 2. The SMILES string of the molecule is COC(=O)c1ccc(N2CCN(S(=O)(=O)c3ccc(C(=O)OC)cc3Cl)C(C)C2)cc1. The van der Waals surface area contributed by atoms with Gasteiger partial charge in [-0.1, -0.05) is 11.6 Å². The van der Waals surface area contributed by atoms with E-state index in [-0.39, 0.29) is 28.1 Å². The van der Waals surface area contributed by atoms with Gasteiger partial charge in [-0.25, -0.2) is 18.0 Å². The number of benzene rings is 2. The summed E-state index contributed by atoms with van der Waals surface area (Å²) < 4.78 is 37.2. The van der Waals surface area contributed by atoms with Crippen LogP contribution in [0.5, 0.6) is 0 Å². The fourth-order valence-corrected chi connectivity index (χ4v) is 5.67. The molecule has 0 N–H and O–H groups in total. The molecular formula is C21H23ClN2O6S. The lowest BCUT2D eigenvalue weighted by Gasteiger charge is -2.40. The molecule has 0 radical (unpaired) electrons.